The van der Waals surface area contributed by atoms with E-state index in [9.17, 15) is 4.79 Å². The lowest BCUT2D eigenvalue weighted by molar-refractivity contribution is -0.113. The molecular formula is C22H18ClN5OS2. The van der Waals surface area contributed by atoms with Crippen LogP contribution in [0.4, 0.5) is 5.69 Å². The van der Waals surface area contributed by atoms with Gasteiger partial charge in [-0.05, 0) is 36.4 Å². The monoisotopic (exact) mass is 467 g/mol. The van der Waals surface area contributed by atoms with Gasteiger partial charge in [-0.2, -0.15) is 0 Å². The largest absolute Gasteiger partial charge is 0.335 e. The van der Waals surface area contributed by atoms with E-state index in [0.717, 1.165) is 21.0 Å². The van der Waals surface area contributed by atoms with Crippen LogP contribution in [0.3, 0.4) is 0 Å². The first-order valence-electron chi connectivity index (χ1n) is 9.31. The summed E-state index contributed by atoms with van der Waals surface area (Å²) in [6, 6.07) is 24.8. The summed E-state index contributed by atoms with van der Waals surface area (Å²) >= 11 is 8.75. The average molecular weight is 468 g/mol. The number of para-hydroxylation sites is 1. The highest BCUT2D eigenvalue weighted by molar-refractivity contribution is 8.00. The van der Waals surface area contributed by atoms with E-state index < -0.39 is 0 Å². The molecule has 1 amide bonds. The number of carbonyl (C=O) groups is 1. The number of benzene rings is 3. The van der Waals surface area contributed by atoms with Gasteiger partial charge in [0.15, 0.2) is 5.82 Å². The molecule has 0 spiro atoms. The number of carbonyl (C=O) groups excluding carboxylic acids is 1. The number of rotatable bonds is 7. The standard InChI is InChI=1S/C22H18ClN5OS2/c23-16-10-12-17(13-11-16)31-19-9-5-4-8-18(19)25-20(29)14-30-22-27-26-21(28(22)24)15-6-2-1-3-7-15/h1-13H,14,24H2,(H,25,29). The maximum absolute atomic E-state index is 12.6. The lowest BCUT2D eigenvalue weighted by Gasteiger charge is -2.11. The smallest absolute Gasteiger partial charge is 0.234 e. The minimum absolute atomic E-state index is 0.154. The van der Waals surface area contributed by atoms with Gasteiger partial charge >= 0.3 is 0 Å². The molecule has 1 heterocycles. The quantitative estimate of drug-likeness (QED) is 0.287. The SMILES string of the molecule is Nn1c(SCC(=O)Nc2ccccc2Sc2ccc(Cl)cc2)nnc1-c1ccccc1. The molecule has 9 heteroatoms. The molecule has 1 aromatic heterocycles. The van der Waals surface area contributed by atoms with Crippen LogP contribution in [0.1, 0.15) is 0 Å². The summed E-state index contributed by atoms with van der Waals surface area (Å²) in [6.07, 6.45) is 0. The van der Waals surface area contributed by atoms with E-state index >= 15 is 0 Å². The van der Waals surface area contributed by atoms with Crippen LogP contribution in [0, 0.1) is 0 Å². The summed E-state index contributed by atoms with van der Waals surface area (Å²) in [6.45, 7) is 0. The van der Waals surface area contributed by atoms with Crippen LogP contribution in [0.2, 0.25) is 5.02 Å². The molecule has 3 N–H and O–H groups in total. The Morgan fingerprint density at radius 1 is 0.968 bits per heavy atom. The van der Waals surface area contributed by atoms with Crippen LogP contribution in [0.25, 0.3) is 11.4 Å². The van der Waals surface area contributed by atoms with Gasteiger partial charge in [-0.15, -0.1) is 10.2 Å². The van der Waals surface area contributed by atoms with Crippen LogP contribution in [-0.2, 0) is 4.79 Å². The van der Waals surface area contributed by atoms with Crippen molar-refractivity contribution in [2.24, 2.45) is 0 Å². The Balaban J connectivity index is 1.40. The fourth-order valence-corrected chi connectivity index (χ4v) is 4.45. The molecule has 0 atom stereocenters. The number of hydrogen-bond acceptors (Lipinski definition) is 6. The molecule has 31 heavy (non-hydrogen) atoms. The lowest BCUT2D eigenvalue weighted by atomic mass is 10.2. The first kappa shape index (κ1) is 21.3. The molecule has 0 aliphatic heterocycles. The maximum atomic E-state index is 12.6. The number of hydrogen-bond donors (Lipinski definition) is 2. The first-order chi connectivity index (χ1) is 15.1. The molecule has 0 aliphatic rings. The molecular weight excluding hydrogens is 450 g/mol. The number of nitrogens with zero attached hydrogens (tertiary/aromatic N) is 3. The van der Waals surface area contributed by atoms with E-state index in [1.54, 1.807) is 11.8 Å². The molecule has 0 aliphatic carbocycles. The fourth-order valence-electron chi connectivity index (χ4n) is 2.76. The molecule has 6 nitrogen and oxygen atoms in total. The Morgan fingerprint density at radius 3 is 2.45 bits per heavy atom. The molecule has 156 valence electrons. The van der Waals surface area contributed by atoms with Crippen LogP contribution >= 0.6 is 35.1 Å². The Kier molecular flexibility index (Phi) is 6.81. The van der Waals surface area contributed by atoms with Crippen LogP contribution in [0.15, 0.2) is 93.8 Å². The summed E-state index contributed by atoms with van der Waals surface area (Å²) in [5.41, 5.74) is 1.61. The van der Waals surface area contributed by atoms with Crippen LogP contribution in [0.5, 0.6) is 0 Å². The van der Waals surface area contributed by atoms with Gasteiger partial charge in [-0.1, -0.05) is 77.6 Å². The number of amides is 1. The van der Waals surface area contributed by atoms with Crippen molar-refractivity contribution >= 4 is 46.7 Å². The van der Waals surface area contributed by atoms with Gasteiger partial charge < -0.3 is 11.2 Å². The normalized spacial score (nSPS) is 10.7. The second-order valence-electron chi connectivity index (χ2n) is 6.43. The topological polar surface area (TPSA) is 85.8 Å². The second kappa shape index (κ2) is 9.91. The molecule has 4 rings (SSSR count). The lowest BCUT2D eigenvalue weighted by Crippen LogP contribution is -2.16. The van der Waals surface area contributed by atoms with E-state index in [0.29, 0.717) is 16.0 Å². The molecule has 0 saturated carbocycles. The third-order valence-corrected chi connectivity index (χ3v) is 6.51. The average Bonchev–Trinajstić information content (AvgIpc) is 3.16. The number of anilines is 1. The summed E-state index contributed by atoms with van der Waals surface area (Å²) in [5, 5.41) is 12.4. The third kappa shape index (κ3) is 5.41. The van der Waals surface area contributed by atoms with Crippen molar-refractivity contribution in [1.82, 2.24) is 14.9 Å². The van der Waals surface area contributed by atoms with Crippen molar-refractivity contribution in [3.8, 4) is 11.4 Å². The molecule has 4 aromatic rings. The van der Waals surface area contributed by atoms with E-state index in [1.807, 2.05) is 78.9 Å². The molecule has 0 bridgehead atoms. The van der Waals surface area contributed by atoms with E-state index in [-0.39, 0.29) is 11.7 Å². The summed E-state index contributed by atoms with van der Waals surface area (Å²) in [7, 11) is 0. The molecule has 0 unspecified atom stereocenters. The van der Waals surface area contributed by atoms with Crippen molar-refractivity contribution in [3.63, 3.8) is 0 Å². The molecule has 3 aromatic carbocycles. The van der Waals surface area contributed by atoms with Crippen LogP contribution in [-0.4, -0.2) is 26.5 Å². The van der Waals surface area contributed by atoms with Gasteiger partial charge in [0.1, 0.15) is 0 Å². The maximum Gasteiger partial charge on any atom is 0.234 e. The number of halogens is 1. The van der Waals surface area contributed by atoms with Gasteiger partial charge in [0.05, 0.1) is 11.4 Å². The van der Waals surface area contributed by atoms with E-state index in [2.05, 4.69) is 15.5 Å². The second-order valence-corrected chi connectivity index (χ2v) is 8.93. The van der Waals surface area contributed by atoms with E-state index in [4.69, 9.17) is 17.4 Å². The van der Waals surface area contributed by atoms with Gasteiger partial charge in [-0.3, -0.25) is 4.79 Å². The van der Waals surface area contributed by atoms with Gasteiger partial charge in [0, 0.05) is 20.4 Å². The van der Waals surface area contributed by atoms with Crippen LogP contribution < -0.4 is 11.2 Å². The number of nitrogens with two attached hydrogens (primary N) is 1. The number of nitrogens with one attached hydrogen (secondary N) is 1. The van der Waals surface area contributed by atoms with E-state index in [1.165, 1.54) is 16.4 Å². The zero-order chi connectivity index (χ0) is 21.6. The fraction of sp³-hybridized carbons (Fsp3) is 0.0455. The Morgan fingerprint density at radius 2 is 1.68 bits per heavy atom. The third-order valence-electron chi connectivity index (χ3n) is 4.23. The molecule has 0 fully saturated rings. The van der Waals surface area contributed by atoms with Crippen molar-refractivity contribution in [1.29, 1.82) is 0 Å². The first-order valence-corrected chi connectivity index (χ1v) is 11.5. The number of aromatic nitrogens is 3. The zero-order valence-corrected chi connectivity index (χ0v) is 18.6. The van der Waals surface area contributed by atoms with Gasteiger partial charge in [0.2, 0.25) is 11.1 Å². The minimum atomic E-state index is -0.154. The predicted molar refractivity (Wildman–Crippen MR) is 127 cm³/mol. The van der Waals surface area contributed by atoms with Crippen molar-refractivity contribution in [3.05, 3.63) is 83.9 Å². The summed E-state index contributed by atoms with van der Waals surface area (Å²) in [5.74, 6) is 6.67. The minimum Gasteiger partial charge on any atom is -0.335 e. The molecule has 0 radical (unpaired) electrons. The molecule has 0 saturated heterocycles. The summed E-state index contributed by atoms with van der Waals surface area (Å²) < 4.78 is 1.40. The highest BCUT2D eigenvalue weighted by atomic mass is 35.5. The Bertz CT molecular complexity index is 1180. The number of thioether (sulfide) groups is 1. The Hall–Kier alpha value is -2.94. The number of nitrogen functional groups attached to an aromatic ring is 1. The predicted octanol–water partition coefficient (Wildman–Crippen LogP) is 5.19. The van der Waals surface area contributed by atoms with Crippen molar-refractivity contribution in [2.45, 2.75) is 14.9 Å². The Labute approximate surface area is 193 Å². The van der Waals surface area contributed by atoms with Gasteiger partial charge in [-0.25, -0.2) is 4.68 Å². The highest BCUT2D eigenvalue weighted by Gasteiger charge is 2.14. The van der Waals surface area contributed by atoms with Crippen molar-refractivity contribution < 1.29 is 4.79 Å². The van der Waals surface area contributed by atoms with Crippen molar-refractivity contribution in [2.75, 3.05) is 16.9 Å². The summed E-state index contributed by atoms with van der Waals surface area (Å²) in [4.78, 5) is 14.5. The van der Waals surface area contributed by atoms with Gasteiger partial charge in [0.25, 0.3) is 0 Å². The zero-order valence-electron chi connectivity index (χ0n) is 16.2. The highest BCUT2D eigenvalue weighted by Crippen LogP contribution is 2.34.